The van der Waals surface area contributed by atoms with E-state index in [2.05, 4.69) is 9.80 Å². The fourth-order valence-electron chi connectivity index (χ4n) is 1.67. The van der Waals surface area contributed by atoms with Crippen LogP contribution in [0.3, 0.4) is 0 Å². The largest absolute Gasteiger partial charge is 0.395 e. The predicted molar refractivity (Wildman–Crippen MR) is 59.7 cm³/mol. The van der Waals surface area contributed by atoms with Crippen LogP contribution in [0.5, 0.6) is 0 Å². The van der Waals surface area contributed by atoms with Gasteiger partial charge >= 0.3 is 0 Å². The Morgan fingerprint density at radius 2 is 1.53 bits per heavy atom. The van der Waals surface area contributed by atoms with Crippen LogP contribution in [0.4, 0.5) is 0 Å². The molecule has 0 aliphatic carbocycles. The number of piperazine rings is 1. The number of aliphatic hydroxyl groups excluding tert-OH is 1. The van der Waals surface area contributed by atoms with E-state index < -0.39 is 9.84 Å². The van der Waals surface area contributed by atoms with Crippen LogP contribution in [-0.4, -0.2) is 81.2 Å². The molecule has 0 unspecified atom stereocenters. The molecular formula is C9H20N2O3S. The van der Waals surface area contributed by atoms with Gasteiger partial charge < -0.3 is 5.11 Å². The lowest BCUT2D eigenvalue weighted by Crippen LogP contribution is -2.48. The average molecular weight is 236 g/mol. The molecule has 5 nitrogen and oxygen atoms in total. The van der Waals surface area contributed by atoms with Crippen molar-refractivity contribution < 1.29 is 13.5 Å². The minimum atomic E-state index is -2.84. The second-order valence-electron chi connectivity index (χ2n) is 4.04. The first kappa shape index (κ1) is 12.9. The highest BCUT2D eigenvalue weighted by Gasteiger charge is 2.16. The SMILES string of the molecule is CS(=O)(=O)CCN1CCN(CCO)CC1. The molecule has 0 spiro atoms. The highest BCUT2D eigenvalue weighted by molar-refractivity contribution is 7.90. The highest BCUT2D eigenvalue weighted by atomic mass is 32.2. The molecule has 0 bridgehead atoms. The Kier molecular flexibility index (Phi) is 4.98. The molecule has 1 saturated heterocycles. The van der Waals surface area contributed by atoms with Crippen LogP contribution >= 0.6 is 0 Å². The first-order chi connectivity index (χ1) is 7.01. The van der Waals surface area contributed by atoms with Gasteiger partial charge in [0.1, 0.15) is 9.84 Å². The molecule has 0 radical (unpaired) electrons. The summed E-state index contributed by atoms with van der Waals surface area (Å²) in [6.07, 6.45) is 1.27. The van der Waals surface area contributed by atoms with E-state index in [1.54, 1.807) is 0 Å². The lowest BCUT2D eigenvalue weighted by Gasteiger charge is -2.34. The minimum absolute atomic E-state index is 0.198. The number of rotatable bonds is 5. The molecule has 1 fully saturated rings. The predicted octanol–water partition coefficient (Wildman–Crippen LogP) is -1.36. The number of β-amino-alcohol motifs (C(OH)–C–C–N with tert-alkyl or cyclic N) is 1. The first-order valence-corrected chi connectivity index (χ1v) is 7.30. The third-order valence-corrected chi connectivity index (χ3v) is 3.58. The van der Waals surface area contributed by atoms with Crippen molar-refractivity contribution in [2.75, 3.05) is 57.9 Å². The van der Waals surface area contributed by atoms with Crippen molar-refractivity contribution in [1.82, 2.24) is 9.80 Å². The molecule has 1 N–H and O–H groups in total. The summed E-state index contributed by atoms with van der Waals surface area (Å²) in [5.74, 6) is 0.243. The fourth-order valence-corrected chi connectivity index (χ4v) is 2.26. The van der Waals surface area contributed by atoms with Crippen molar-refractivity contribution in [3.8, 4) is 0 Å². The van der Waals surface area contributed by atoms with E-state index in [0.29, 0.717) is 6.54 Å². The maximum absolute atomic E-state index is 11.0. The van der Waals surface area contributed by atoms with E-state index in [-0.39, 0.29) is 12.4 Å². The summed E-state index contributed by atoms with van der Waals surface area (Å²) in [4.78, 5) is 4.35. The molecule has 0 aromatic carbocycles. The topological polar surface area (TPSA) is 60.9 Å². The van der Waals surface area contributed by atoms with E-state index in [1.807, 2.05) is 0 Å². The van der Waals surface area contributed by atoms with Crippen LogP contribution in [0.1, 0.15) is 0 Å². The van der Waals surface area contributed by atoms with Crippen molar-refractivity contribution in [1.29, 1.82) is 0 Å². The van der Waals surface area contributed by atoms with Crippen LogP contribution < -0.4 is 0 Å². The van der Waals surface area contributed by atoms with Gasteiger partial charge in [-0.1, -0.05) is 0 Å². The van der Waals surface area contributed by atoms with Gasteiger partial charge in [0.2, 0.25) is 0 Å². The second-order valence-corrected chi connectivity index (χ2v) is 6.30. The van der Waals surface area contributed by atoms with Gasteiger partial charge in [0.05, 0.1) is 12.4 Å². The Hall–Kier alpha value is -0.170. The summed E-state index contributed by atoms with van der Waals surface area (Å²) < 4.78 is 21.9. The van der Waals surface area contributed by atoms with Gasteiger partial charge in [0.15, 0.2) is 0 Å². The van der Waals surface area contributed by atoms with Gasteiger partial charge in [-0.3, -0.25) is 9.80 Å². The van der Waals surface area contributed by atoms with E-state index in [4.69, 9.17) is 5.11 Å². The molecule has 6 heteroatoms. The number of nitrogens with zero attached hydrogens (tertiary/aromatic N) is 2. The van der Waals surface area contributed by atoms with Crippen LogP contribution in [-0.2, 0) is 9.84 Å². The van der Waals surface area contributed by atoms with Crippen LogP contribution in [0, 0.1) is 0 Å². The zero-order valence-corrected chi connectivity index (χ0v) is 10.0. The summed E-state index contributed by atoms with van der Waals surface area (Å²) >= 11 is 0. The maximum Gasteiger partial charge on any atom is 0.148 e. The highest BCUT2D eigenvalue weighted by Crippen LogP contribution is 2.01. The van der Waals surface area contributed by atoms with Crippen molar-refractivity contribution in [2.45, 2.75) is 0 Å². The van der Waals surface area contributed by atoms with Gasteiger partial charge in [-0.2, -0.15) is 0 Å². The molecule has 1 aliphatic rings. The third-order valence-electron chi connectivity index (χ3n) is 2.66. The Morgan fingerprint density at radius 1 is 1.07 bits per heavy atom. The molecule has 0 atom stereocenters. The molecule has 0 saturated carbocycles. The zero-order valence-electron chi connectivity index (χ0n) is 9.22. The minimum Gasteiger partial charge on any atom is -0.395 e. The second kappa shape index (κ2) is 5.79. The van der Waals surface area contributed by atoms with Crippen molar-refractivity contribution in [2.24, 2.45) is 0 Å². The molecular weight excluding hydrogens is 216 g/mol. The van der Waals surface area contributed by atoms with Gasteiger partial charge in [0, 0.05) is 45.5 Å². The average Bonchev–Trinajstić information content (AvgIpc) is 2.16. The molecule has 0 aromatic heterocycles. The molecule has 15 heavy (non-hydrogen) atoms. The molecule has 1 heterocycles. The molecule has 0 amide bonds. The standard InChI is InChI=1S/C9H20N2O3S/c1-15(13,14)9-7-11-4-2-10(3-5-11)6-8-12/h12H,2-9H2,1H3. The molecule has 1 aliphatic heterocycles. The van der Waals surface area contributed by atoms with Gasteiger partial charge in [-0.25, -0.2) is 8.42 Å². The van der Waals surface area contributed by atoms with Crippen molar-refractivity contribution >= 4 is 9.84 Å². The zero-order chi connectivity index (χ0) is 11.3. The quantitative estimate of drug-likeness (QED) is 0.639. The van der Waals surface area contributed by atoms with Crippen LogP contribution in [0.2, 0.25) is 0 Å². The summed E-state index contributed by atoms with van der Waals surface area (Å²) in [6.45, 7) is 5.19. The van der Waals surface area contributed by atoms with Crippen molar-refractivity contribution in [3.63, 3.8) is 0 Å². The third kappa shape index (κ3) is 5.46. The lowest BCUT2D eigenvalue weighted by molar-refractivity contribution is 0.116. The number of aliphatic hydroxyl groups is 1. The van der Waals surface area contributed by atoms with E-state index >= 15 is 0 Å². The lowest BCUT2D eigenvalue weighted by atomic mass is 10.3. The Morgan fingerprint density at radius 3 is 1.93 bits per heavy atom. The van der Waals surface area contributed by atoms with Gasteiger partial charge in [-0.15, -0.1) is 0 Å². The van der Waals surface area contributed by atoms with Crippen molar-refractivity contribution in [3.05, 3.63) is 0 Å². The Balaban J connectivity index is 2.20. The summed E-state index contributed by atoms with van der Waals surface area (Å²) in [5, 5.41) is 8.76. The normalized spacial score (nSPS) is 20.7. The monoisotopic (exact) mass is 236 g/mol. The fraction of sp³-hybridized carbons (Fsp3) is 1.00. The summed E-state index contributed by atoms with van der Waals surface area (Å²) in [7, 11) is -2.84. The van der Waals surface area contributed by atoms with E-state index in [1.165, 1.54) is 6.26 Å². The smallest absolute Gasteiger partial charge is 0.148 e. The summed E-state index contributed by atoms with van der Waals surface area (Å²) in [6, 6.07) is 0. The van der Waals surface area contributed by atoms with Crippen LogP contribution in [0.25, 0.3) is 0 Å². The number of sulfone groups is 1. The Bertz CT molecular complexity index is 271. The summed E-state index contributed by atoms with van der Waals surface area (Å²) in [5.41, 5.74) is 0. The Labute approximate surface area is 91.6 Å². The van der Waals surface area contributed by atoms with E-state index in [9.17, 15) is 8.42 Å². The number of hydrogen-bond acceptors (Lipinski definition) is 5. The molecule has 0 aromatic rings. The van der Waals surface area contributed by atoms with Gasteiger partial charge in [0.25, 0.3) is 0 Å². The number of hydrogen-bond donors (Lipinski definition) is 1. The maximum atomic E-state index is 11.0. The first-order valence-electron chi connectivity index (χ1n) is 5.24. The van der Waals surface area contributed by atoms with E-state index in [0.717, 1.165) is 32.7 Å². The molecule has 1 rings (SSSR count). The van der Waals surface area contributed by atoms with Crippen LogP contribution in [0.15, 0.2) is 0 Å². The molecule has 90 valence electrons. The van der Waals surface area contributed by atoms with Gasteiger partial charge in [-0.05, 0) is 0 Å².